The first kappa shape index (κ1) is 21.3. The quantitative estimate of drug-likeness (QED) is 0.612. The monoisotopic (exact) mass is 442 g/mol. The van der Waals surface area contributed by atoms with Gasteiger partial charge in [-0.2, -0.15) is 0 Å². The smallest absolute Gasteiger partial charge is 0.252 e. The van der Waals surface area contributed by atoms with E-state index in [2.05, 4.69) is 5.32 Å². The molecule has 162 valence electrons. The molecule has 2 heterocycles. The van der Waals surface area contributed by atoms with Crippen LogP contribution in [0.1, 0.15) is 19.7 Å². The Morgan fingerprint density at radius 2 is 1.81 bits per heavy atom. The second kappa shape index (κ2) is 8.69. The van der Waals surface area contributed by atoms with E-state index in [1.54, 1.807) is 29.2 Å². The number of halogens is 2. The number of nitrogens with zero attached hydrogens (tertiary/aromatic N) is 3. The predicted octanol–water partition coefficient (Wildman–Crippen LogP) is 4.45. The zero-order valence-electron chi connectivity index (χ0n) is 17.3. The van der Waals surface area contributed by atoms with Crippen molar-refractivity contribution in [2.24, 2.45) is 5.92 Å². The summed E-state index contributed by atoms with van der Waals surface area (Å²) in [7, 11) is 0. The van der Waals surface area contributed by atoms with Crippen LogP contribution < -0.4 is 5.32 Å². The van der Waals surface area contributed by atoms with Crippen molar-refractivity contribution in [1.29, 1.82) is 0 Å². The Kier molecular flexibility index (Phi) is 5.98. The number of imidazole rings is 1. The van der Waals surface area contributed by atoms with Gasteiger partial charge in [-0.15, -0.1) is 0 Å². The third-order valence-corrected chi connectivity index (χ3v) is 5.65. The highest BCUT2D eigenvalue weighted by molar-refractivity contribution is 6.30. The Balaban J connectivity index is 1.71. The molecule has 0 spiro atoms. The van der Waals surface area contributed by atoms with Crippen LogP contribution in [0.3, 0.4) is 0 Å². The summed E-state index contributed by atoms with van der Waals surface area (Å²) in [6.45, 7) is 4.90. The molecule has 0 saturated carbocycles. The van der Waals surface area contributed by atoms with Crippen molar-refractivity contribution in [3.05, 3.63) is 65.2 Å². The lowest BCUT2D eigenvalue weighted by Gasteiger charge is -2.31. The minimum absolute atomic E-state index is 0.161. The molecule has 0 bridgehead atoms. The van der Waals surface area contributed by atoms with Gasteiger partial charge in [-0.05, 0) is 54.4 Å². The highest BCUT2D eigenvalue weighted by Gasteiger charge is 2.31. The van der Waals surface area contributed by atoms with Gasteiger partial charge in [0.25, 0.3) is 5.91 Å². The van der Waals surface area contributed by atoms with Crippen molar-refractivity contribution in [2.45, 2.75) is 33.0 Å². The fourth-order valence-corrected chi connectivity index (χ4v) is 3.72. The van der Waals surface area contributed by atoms with Crippen LogP contribution in [0.2, 0.25) is 5.02 Å². The molecule has 0 unspecified atom stereocenters. The van der Waals surface area contributed by atoms with E-state index >= 15 is 0 Å². The Hall–Kier alpha value is -2.90. The van der Waals surface area contributed by atoms with Gasteiger partial charge in [-0.3, -0.25) is 4.79 Å². The molecule has 6 nitrogen and oxygen atoms in total. The van der Waals surface area contributed by atoms with Crippen molar-refractivity contribution in [1.82, 2.24) is 14.5 Å². The van der Waals surface area contributed by atoms with E-state index in [9.17, 15) is 14.3 Å². The number of aromatic nitrogens is 2. The van der Waals surface area contributed by atoms with E-state index in [4.69, 9.17) is 16.6 Å². The van der Waals surface area contributed by atoms with Gasteiger partial charge >= 0.3 is 0 Å². The zero-order valence-corrected chi connectivity index (χ0v) is 18.1. The molecular weight excluding hydrogens is 419 g/mol. The van der Waals surface area contributed by atoms with E-state index < -0.39 is 6.10 Å². The van der Waals surface area contributed by atoms with Crippen LogP contribution in [0.5, 0.6) is 0 Å². The summed E-state index contributed by atoms with van der Waals surface area (Å²) in [6, 6.07) is 13.5. The topological polar surface area (TPSA) is 70.4 Å². The molecule has 0 fully saturated rings. The number of fused-ring (bicyclic) bond motifs is 1. The number of anilines is 2. The molecule has 1 aliphatic rings. The van der Waals surface area contributed by atoms with Crippen molar-refractivity contribution >= 4 is 29.0 Å². The van der Waals surface area contributed by atoms with Gasteiger partial charge in [-0.25, -0.2) is 9.37 Å². The first-order valence-corrected chi connectivity index (χ1v) is 10.6. The minimum atomic E-state index is -1.04. The first-order valence-electron chi connectivity index (χ1n) is 10.2. The van der Waals surface area contributed by atoms with Gasteiger partial charge in [0.2, 0.25) is 0 Å². The lowest BCUT2D eigenvalue weighted by atomic mass is 10.1. The first-order chi connectivity index (χ1) is 14.8. The van der Waals surface area contributed by atoms with E-state index in [1.807, 2.05) is 30.5 Å². The van der Waals surface area contributed by atoms with Crippen molar-refractivity contribution in [2.75, 3.05) is 11.9 Å². The number of aliphatic hydroxyl groups excluding tert-OH is 1. The van der Waals surface area contributed by atoms with Crippen LogP contribution in [0.25, 0.3) is 11.3 Å². The fraction of sp³-hybridized carbons (Fsp3) is 0.304. The molecule has 0 aliphatic carbocycles. The highest BCUT2D eigenvalue weighted by atomic mass is 35.5. The summed E-state index contributed by atoms with van der Waals surface area (Å²) in [6.07, 6.45) is -1.04. The molecule has 1 aliphatic heterocycles. The number of carbonyl (C=O) groups is 1. The maximum absolute atomic E-state index is 13.5. The maximum atomic E-state index is 13.5. The summed E-state index contributed by atoms with van der Waals surface area (Å²) >= 11 is 6.01. The largest absolute Gasteiger partial charge is 0.383 e. The van der Waals surface area contributed by atoms with Gasteiger partial charge in [0.1, 0.15) is 29.3 Å². The lowest BCUT2D eigenvalue weighted by molar-refractivity contribution is -0.144. The summed E-state index contributed by atoms with van der Waals surface area (Å²) in [5.41, 5.74) is 2.27. The van der Waals surface area contributed by atoms with Crippen LogP contribution in [0.4, 0.5) is 15.9 Å². The standard InChI is InChI=1S/C23H24ClFN4O2/c1-14(2)21(30)23(31)28-11-12-29-19(13-28)27-20(15-3-7-17(25)8-4-15)22(29)26-18-9-5-16(24)6-10-18/h3-10,14,21,26,30H,11-13H2,1-2H3/t21-/m0/s1. The normalized spacial score (nSPS) is 14.5. The molecule has 0 saturated heterocycles. The minimum Gasteiger partial charge on any atom is -0.383 e. The van der Waals surface area contributed by atoms with Gasteiger partial charge in [0.15, 0.2) is 0 Å². The Labute approximate surface area is 185 Å². The number of benzene rings is 2. The number of hydrogen-bond donors (Lipinski definition) is 2. The number of rotatable bonds is 5. The van der Waals surface area contributed by atoms with Gasteiger partial charge in [0.05, 0.1) is 6.54 Å². The van der Waals surface area contributed by atoms with Crippen LogP contribution in [-0.4, -0.2) is 38.1 Å². The fourth-order valence-electron chi connectivity index (χ4n) is 3.60. The lowest BCUT2D eigenvalue weighted by Crippen LogP contribution is -2.45. The zero-order chi connectivity index (χ0) is 22.1. The van der Waals surface area contributed by atoms with E-state index in [0.717, 1.165) is 17.1 Å². The van der Waals surface area contributed by atoms with Crippen molar-refractivity contribution < 1.29 is 14.3 Å². The summed E-state index contributed by atoms with van der Waals surface area (Å²) in [5.74, 6) is 0.692. The molecule has 3 aromatic rings. The van der Waals surface area contributed by atoms with Gasteiger partial charge in [-0.1, -0.05) is 25.4 Å². The summed E-state index contributed by atoms with van der Waals surface area (Å²) in [4.78, 5) is 19.1. The average molecular weight is 443 g/mol. The molecule has 2 N–H and O–H groups in total. The second-order valence-electron chi connectivity index (χ2n) is 7.96. The average Bonchev–Trinajstić information content (AvgIpc) is 3.12. The third kappa shape index (κ3) is 4.43. The van der Waals surface area contributed by atoms with Crippen molar-refractivity contribution in [3.8, 4) is 11.3 Å². The number of hydrogen-bond acceptors (Lipinski definition) is 4. The molecule has 4 rings (SSSR count). The molecule has 1 aromatic heterocycles. The Bertz CT molecular complexity index is 1080. The molecule has 8 heteroatoms. The number of carbonyl (C=O) groups excluding carboxylic acids is 1. The van der Waals surface area contributed by atoms with Gasteiger partial charge in [0, 0.05) is 29.4 Å². The van der Waals surface area contributed by atoms with Gasteiger partial charge < -0.3 is 19.9 Å². The van der Waals surface area contributed by atoms with E-state index in [1.165, 1.54) is 12.1 Å². The van der Waals surface area contributed by atoms with Crippen LogP contribution in [-0.2, 0) is 17.9 Å². The highest BCUT2D eigenvalue weighted by Crippen LogP contribution is 2.33. The third-order valence-electron chi connectivity index (χ3n) is 5.39. The van der Waals surface area contributed by atoms with Crippen LogP contribution in [0.15, 0.2) is 48.5 Å². The molecular formula is C23H24ClFN4O2. The SMILES string of the molecule is CC(C)[C@H](O)C(=O)N1CCn2c(nc(-c3ccc(F)cc3)c2Nc2ccc(Cl)cc2)C1. The van der Waals surface area contributed by atoms with E-state index in [0.29, 0.717) is 36.2 Å². The molecule has 1 atom stereocenters. The number of amides is 1. The molecule has 31 heavy (non-hydrogen) atoms. The number of nitrogens with one attached hydrogen (secondary N) is 1. The van der Waals surface area contributed by atoms with E-state index in [-0.39, 0.29) is 17.6 Å². The predicted molar refractivity (Wildman–Crippen MR) is 119 cm³/mol. The Morgan fingerprint density at radius 1 is 1.13 bits per heavy atom. The number of aliphatic hydroxyl groups is 1. The molecule has 2 aromatic carbocycles. The van der Waals surface area contributed by atoms with Crippen molar-refractivity contribution in [3.63, 3.8) is 0 Å². The maximum Gasteiger partial charge on any atom is 0.252 e. The summed E-state index contributed by atoms with van der Waals surface area (Å²) in [5, 5.41) is 14.2. The second-order valence-corrected chi connectivity index (χ2v) is 8.40. The Morgan fingerprint density at radius 3 is 2.45 bits per heavy atom. The molecule has 0 radical (unpaired) electrons. The van der Waals surface area contributed by atoms with Crippen LogP contribution in [0, 0.1) is 11.7 Å². The van der Waals surface area contributed by atoms with Crippen LogP contribution >= 0.6 is 11.6 Å². The molecule has 1 amide bonds. The summed E-state index contributed by atoms with van der Waals surface area (Å²) < 4.78 is 15.5.